The second-order valence-corrected chi connectivity index (χ2v) is 7.70. The van der Waals surface area contributed by atoms with Gasteiger partial charge in [0.2, 0.25) is 0 Å². The summed E-state index contributed by atoms with van der Waals surface area (Å²) in [6.45, 7) is 5.04. The van der Waals surface area contributed by atoms with Gasteiger partial charge in [0.25, 0.3) is 0 Å². The molecule has 0 aliphatic heterocycles. The molecular weight excluding hydrogens is 383 g/mol. The van der Waals surface area contributed by atoms with Crippen molar-refractivity contribution in [3.63, 3.8) is 0 Å². The van der Waals surface area contributed by atoms with Gasteiger partial charge in [-0.1, -0.05) is 11.3 Å². The number of halogens is 1. The molecule has 0 atom stereocenters. The van der Waals surface area contributed by atoms with Gasteiger partial charge in [-0.05, 0) is 68.8 Å². The fourth-order valence-corrected chi connectivity index (χ4v) is 3.07. The van der Waals surface area contributed by atoms with Crippen LogP contribution in [0.25, 0.3) is 10.6 Å². The minimum absolute atomic E-state index is 0.235. The van der Waals surface area contributed by atoms with E-state index in [-0.39, 0.29) is 12.4 Å². The van der Waals surface area contributed by atoms with E-state index in [2.05, 4.69) is 10.2 Å². The first-order valence-corrected chi connectivity index (χ1v) is 9.30. The molecule has 0 fully saturated rings. The van der Waals surface area contributed by atoms with Crippen LogP contribution in [-0.2, 0) is 11.4 Å². The Hall–Kier alpha value is -3.00. The number of benzene rings is 2. The van der Waals surface area contributed by atoms with Crippen molar-refractivity contribution in [1.82, 2.24) is 10.2 Å². The van der Waals surface area contributed by atoms with Crippen LogP contribution in [0.15, 0.2) is 42.5 Å². The molecule has 8 heteroatoms. The van der Waals surface area contributed by atoms with Gasteiger partial charge in [-0.2, -0.15) is 0 Å². The van der Waals surface area contributed by atoms with Gasteiger partial charge in [0.05, 0.1) is 0 Å². The quantitative estimate of drug-likeness (QED) is 0.628. The van der Waals surface area contributed by atoms with Crippen LogP contribution in [0.3, 0.4) is 0 Å². The molecule has 0 bridgehead atoms. The molecule has 3 aromatic rings. The van der Waals surface area contributed by atoms with Gasteiger partial charge in [-0.15, -0.1) is 10.2 Å². The van der Waals surface area contributed by atoms with Crippen LogP contribution in [0.4, 0.5) is 4.39 Å². The monoisotopic (exact) mass is 402 g/mol. The molecule has 0 aliphatic rings. The Morgan fingerprint density at radius 1 is 1.18 bits per heavy atom. The number of aryl methyl sites for hydroxylation is 1. The summed E-state index contributed by atoms with van der Waals surface area (Å²) in [5, 5.41) is 18.8. The van der Waals surface area contributed by atoms with E-state index in [1.165, 1.54) is 37.3 Å². The molecule has 0 saturated carbocycles. The Balaban J connectivity index is 1.64. The van der Waals surface area contributed by atoms with Gasteiger partial charge in [-0.25, -0.2) is 9.18 Å². The lowest BCUT2D eigenvalue weighted by molar-refractivity contribution is -0.152. The number of carboxylic acids is 1. The molecule has 1 heterocycles. The average molecular weight is 402 g/mol. The third kappa shape index (κ3) is 4.64. The van der Waals surface area contributed by atoms with Crippen molar-refractivity contribution in [2.24, 2.45) is 0 Å². The molecule has 0 radical (unpaired) electrons. The zero-order valence-electron chi connectivity index (χ0n) is 15.6. The van der Waals surface area contributed by atoms with Crippen LogP contribution in [0.2, 0.25) is 0 Å². The van der Waals surface area contributed by atoms with E-state index in [1.54, 1.807) is 30.3 Å². The summed E-state index contributed by atoms with van der Waals surface area (Å²) in [5.74, 6) is -0.252. The maximum Gasteiger partial charge on any atom is 0.347 e. The van der Waals surface area contributed by atoms with Gasteiger partial charge in [-0.3, -0.25) is 0 Å². The Kier molecular flexibility index (Phi) is 5.60. The summed E-state index contributed by atoms with van der Waals surface area (Å²) in [6, 6.07) is 11.2. The van der Waals surface area contributed by atoms with Gasteiger partial charge < -0.3 is 14.6 Å². The first-order valence-electron chi connectivity index (χ1n) is 8.49. The molecule has 146 valence electrons. The zero-order chi connectivity index (χ0) is 20.3. The van der Waals surface area contributed by atoms with Crippen LogP contribution in [0.5, 0.6) is 11.5 Å². The SMILES string of the molecule is Cc1cc(OCc2nnc(-c3ccc(F)cc3)s2)ccc1OC(C)(C)C(=O)O. The predicted octanol–water partition coefficient (Wildman–Crippen LogP) is 4.47. The summed E-state index contributed by atoms with van der Waals surface area (Å²) in [6.07, 6.45) is 0. The third-order valence-electron chi connectivity index (χ3n) is 3.95. The van der Waals surface area contributed by atoms with Crippen molar-refractivity contribution in [2.75, 3.05) is 0 Å². The lowest BCUT2D eigenvalue weighted by Crippen LogP contribution is -2.38. The van der Waals surface area contributed by atoms with Gasteiger partial charge in [0.1, 0.15) is 28.9 Å². The number of hydrogen-bond acceptors (Lipinski definition) is 6. The number of hydrogen-bond donors (Lipinski definition) is 1. The second-order valence-electron chi connectivity index (χ2n) is 6.64. The Morgan fingerprint density at radius 2 is 1.89 bits per heavy atom. The number of aromatic nitrogens is 2. The first-order chi connectivity index (χ1) is 13.2. The summed E-state index contributed by atoms with van der Waals surface area (Å²) in [7, 11) is 0. The number of aliphatic carboxylic acids is 1. The van der Waals surface area contributed by atoms with E-state index < -0.39 is 11.6 Å². The predicted molar refractivity (Wildman–Crippen MR) is 103 cm³/mol. The van der Waals surface area contributed by atoms with E-state index in [1.807, 2.05) is 6.92 Å². The molecule has 1 N–H and O–H groups in total. The Morgan fingerprint density at radius 3 is 2.54 bits per heavy atom. The van der Waals surface area contributed by atoms with E-state index in [4.69, 9.17) is 9.47 Å². The number of carboxylic acid groups (broad SMARTS) is 1. The van der Waals surface area contributed by atoms with Crippen LogP contribution in [0, 0.1) is 12.7 Å². The number of carbonyl (C=O) groups is 1. The van der Waals surface area contributed by atoms with Crippen molar-refractivity contribution in [1.29, 1.82) is 0 Å². The molecule has 0 spiro atoms. The molecule has 2 aromatic carbocycles. The lowest BCUT2D eigenvalue weighted by atomic mass is 10.1. The second kappa shape index (κ2) is 7.93. The third-order valence-corrected chi connectivity index (χ3v) is 4.89. The highest BCUT2D eigenvalue weighted by Gasteiger charge is 2.29. The van der Waals surface area contributed by atoms with Gasteiger partial charge in [0, 0.05) is 5.56 Å². The summed E-state index contributed by atoms with van der Waals surface area (Å²) in [4.78, 5) is 11.2. The highest BCUT2D eigenvalue weighted by molar-refractivity contribution is 7.14. The van der Waals surface area contributed by atoms with Crippen LogP contribution < -0.4 is 9.47 Å². The zero-order valence-corrected chi connectivity index (χ0v) is 16.4. The maximum absolute atomic E-state index is 13.0. The highest BCUT2D eigenvalue weighted by atomic mass is 32.1. The van der Waals surface area contributed by atoms with Gasteiger partial charge >= 0.3 is 5.97 Å². The van der Waals surface area contributed by atoms with Crippen LogP contribution in [0.1, 0.15) is 24.4 Å². The highest BCUT2D eigenvalue weighted by Crippen LogP contribution is 2.28. The molecule has 1 aromatic heterocycles. The molecular formula is C20H19FN2O4S. The maximum atomic E-state index is 13.0. The van der Waals surface area contributed by atoms with E-state index in [9.17, 15) is 14.3 Å². The number of nitrogens with zero attached hydrogens (tertiary/aromatic N) is 2. The van der Waals surface area contributed by atoms with Crippen LogP contribution >= 0.6 is 11.3 Å². The largest absolute Gasteiger partial charge is 0.486 e. The normalized spacial score (nSPS) is 11.3. The summed E-state index contributed by atoms with van der Waals surface area (Å²) in [5.41, 5.74) is 0.232. The van der Waals surface area contributed by atoms with Crippen molar-refractivity contribution in [3.8, 4) is 22.1 Å². The topological polar surface area (TPSA) is 81.5 Å². The fourth-order valence-electron chi connectivity index (χ4n) is 2.31. The van der Waals surface area contributed by atoms with Crippen molar-refractivity contribution < 1.29 is 23.8 Å². The number of ether oxygens (including phenoxy) is 2. The first kappa shape index (κ1) is 19.8. The molecule has 3 rings (SSSR count). The number of rotatable bonds is 7. The average Bonchev–Trinajstić information content (AvgIpc) is 3.11. The lowest BCUT2D eigenvalue weighted by Gasteiger charge is -2.23. The summed E-state index contributed by atoms with van der Waals surface area (Å²) >= 11 is 1.37. The van der Waals surface area contributed by atoms with Crippen molar-refractivity contribution >= 4 is 17.3 Å². The summed E-state index contributed by atoms with van der Waals surface area (Å²) < 4.78 is 24.3. The van der Waals surface area contributed by atoms with Crippen LogP contribution in [-0.4, -0.2) is 26.9 Å². The molecule has 0 unspecified atom stereocenters. The van der Waals surface area contributed by atoms with Crippen molar-refractivity contribution in [2.45, 2.75) is 33.0 Å². The van der Waals surface area contributed by atoms with Crippen molar-refractivity contribution in [3.05, 3.63) is 58.9 Å². The molecule has 28 heavy (non-hydrogen) atoms. The fraction of sp³-hybridized carbons (Fsp3) is 0.250. The smallest absolute Gasteiger partial charge is 0.347 e. The minimum Gasteiger partial charge on any atom is -0.486 e. The standard InChI is InChI=1S/C20H19FN2O4S/c1-12-10-15(8-9-16(12)27-20(2,3)19(24)25)26-11-17-22-23-18(28-17)13-4-6-14(21)7-5-13/h4-10H,11H2,1-3H3,(H,24,25). The van der Waals surface area contributed by atoms with Gasteiger partial charge in [0.15, 0.2) is 10.6 Å². The Labute approximate surface area is 165 Å². The Bertz CT molecular complexity index is 986. The molecule has 0 amide bonds. The molecule has 0 aliphatic carbocycles. The van der Waals surface area contributed by atoms with E-state index in [0.29, 0.717) is 21.5 Å². The van der Waals surface area contributed by atoms with E-state index in [0.717, 1.165) is 11.1 Å². The molecule has 0 saturated heterocycles. The molecule has 6 nitrogen and oxygen atoms in total. The van der Waals surface area contributed by atoms with E-state index >= 15 is 0 Å². The minimum atomic E-state index is -1.32.